The molecule has 186 valence electrons. The molecule has 2 heterocycles. The first kappa shape index (κ1) is 24.4. The molecule has 2 aromatic carbocycles. The van der Waals surface area contributed by atoms with Gasteiger partial charge in [-0.1, -0.05) is 13.0 Å². The van der Waals surface area contributed by atoms with Gasteiger partial charge in [-0.2, -0.15) is 4.72 Å². The van der Waals surface area contributed by atoms with Gasteiger partial charge >= 0.3 is 11.7 Å². The molecule has 0 bridgehead atoms. The summed E-state index contributed by atoms with van der Waals surface area (Å²) in [5.74, 6) is -4.16. The number of nitrogens with zero attached hydrogens (tertiary/aromatic N) is 1. The van der Waals surface area contributed by atoms with E-state index in [9.17, 15) is 27.5 Å². The van der Waals surface area contributed by atoms with Gasteiger partial charge in [0.2, 0.25) is 15.9 Å². The summed E-state index contributed by atoms with van der Waals surface area (Å²) >= 11 is 0. The van der Waals surface area contributed by atoms with Crippen molar-refractivity contribution in [3.8, 4) is 11.5 Å². The number of aromatic amines is 1. The molecule has 0 spiro atoms. The normalized spacial score (nSPS) is 15.0. The highest BCUT2D eigenvalue weighted by molar-refractivity contribution is 7.89. The van der Waals surface area contributed by atoms with Gasteiger partial charge in [0.15, 0.2) is 11.5 Å². The zero-order valence-corrected chi connectivity index (χ0v) is 19.7. The Kier molecular flexibility index (Phi) is 6.38. The Morgan fingerprint density at radius 1 is 1.20 bits per heavy atom. The van der Waals surface area contributed by atoms with Crippen molar-refractivity contribution >= 4 is 16.0 Å². The number of carboxylic acids is 1. The lowest BCUT2D eigenvalue weighted by atomic mass is 9.88. The Bertz CT molecular complexity index is 1460. The number of fused-ring (bicyclic) bond motifs is 1. The monoisotopic (exact) mass is 507 g/mol. The van der Waals surface area contributed by atoms with E-state index >= 15 is 0 Å². The number of aromatic nitrogens is 2. The van der Waals surface area contributed by atoms with Gasteiger partial charge in [-0.3, -0.25) is 0 Å². The lowest BCUT2D eigenvalue weighted by molar-refractivity contribution is 0.0691. The van der Waals surface area contributed by atoms with Gasteiger partial charge in [0, 0.05) is 12.0 Å². The van der Waals surface area contributed by atoms with E-state index in [-0.39, 0.29) is 36.2 Å². The fourth-order valence-corrected chi connectivity index (χ4v) is 5.43. The van der Waals surface area contributed by atoms with Crippen molar-refractivity contribution < 1.29 is 36.6 Å². The van der Waals surface area contributed by atoms with Crippen LogP contribution in [-0.2, 0) is 10.0 Å². The zero-order chi connectivity index (χ0) is 25.5. The summed E-state index contributed by atoms with van der Waals surface area (Å²) in [4.78, 5) is 22.9. The minimum atomic E-state index is -4.60. The first-order valence-corrected chi connectivity index (χ1v) is 12.0. The van der Waals surface area contributed by atoms with E-state index in [2.05, 4.69) is 14.9 Å². The van der Waals surface area contributed by atoms with Crippen LogP contribution in [0.2, 0.25) is 0 Å². The van der Waals surface area contributed by atoms with Crippen molar-refractivity contribution in [3.05, 3.63) is 68.8 Å². The molecule has 0 radical (unpaired) electrons. The molecule has 2 unspecified atom stereocenters. The largest absolute Gasteiger partial charge is 0.486 e. The summed E-state index contributed by atoms with van der Waals surface area (Å²) in [7, 11) is -4.60. The predicted molar refractivity (Wildman–Crippen MR) is 119 cm³/mol. The number of halogens is 1. The second-order valence-corrected chi connectivity index (χ2v) is 9.72. The van der Waals surface area contributed by atoms with Crippen LogP contribution in [0.25, 0.3) is 0 Å². The second kappa shape index (κ2) is 9.15. The van der Waals surface area contributed by atoms with Crippen molar-refractivity contribution in [1.29, 1.82) is 0 Å². The van der Waals surface area contributed by atoms with E-state index in [0.717, 1.165) is 17.7 Å². The number of sulfonamides is 1. The number of aryl methyl sites for hydroxylation is 1. The molecule has 0 saturated carbocycles. The minimum absolute atomic E-state index is 0.0538. The number of carbonyl (C=O) groups is 1. The molecule has 35 heavy (non-hydrogen) atoms. The molecule has 0 aliphatic carbocycles. The summed E-state index contributed by atoms with van der Waals surface area (Å²) in [5.41, 5.74) is 0.960. The van der Waals surface area contributed by atoms with Crippen LogP contribution < -0.4 is 20.0 Å². The predicted octanol–water partition coefficient (Wildman–Crippen LogP) is 2.41. The van der Waals surface area contributed by atoms with Crippen LogP contribution in [0.4, 0.5) is 4.39 Å². The molecular formula is C22H22FN3O8S. The van der Waals surface area contributed by atoms with Gasteiger partial charge < -0.3 is 19.0 Å². The Labute approximate surface area is 198 Å². The standard InChI is InChI=1S/C22H22FN3O8S/c1-10-4-5-14(23)18(11(10)2)12(3)19(20-24-25-22(29)34-20)26-35(30,31)17-9-16-15(32-6-7-33-16)8-13(17)21(27)28/h4-5,8-9,12,19,26H,6-7H2,1-3H3,(H,25,29)(H,27,28). The molecule has 3 aromatic rings. The van der Waals surface area contributed by atoms with Crippen LogP contribution in [0.15, 0.2) is 38.4 Å². The fraction of sp³-hybridized carbons (Fsp3) is 0.318. The number of ether oxygens (including phenoxy) is 2. The Morgan fingerprint density at radius 3 is 2.46 bits per heavy atom. The summed E-state index contributed by atoms with van der Waals surface area (Å²) in [6.45, 7) is 5.31. The Balaban J connectivity index is 1.83. The maximum Gasteiger partial charge on any atom is 0.434 e. The number of nitrogens with one attached hydrogen (secondary N) is 2. The van der Waals surface area contributed by atoms with Crippen LogP contribution >= 0.6 is 0 Å². The number of benzene rings is 2. The number of rotatable bonds is 7. The number of H-pyrrole nitrogens is 1. The first-order valence-electron chi connectivity index (χ1n) is 10.5. The number of hydrogen-bond acceptors (Lipinski definition) is 8. The van der Waals surface area contributed by atoms with Gasteiger partial charge in [-0.25, -0.2) is 27.5 Å². The molecule has 11 nitrogen and oxygen atoms in total. The molecule has 0 amide bonds. The highest BCUT2D eigenvalue weighted by Crippen LogP contribution is 2.38. The average molecular weight is 507 g/mol. The minimum Gasteiger partial charge on any atom is -0.486 e. The molecule has 3 N–H and O–H groups in total. The number of hydrogen-bond donors (Lipinski definition) is 3. The molecule has 13 heteroatoms. The van der Waals surface area contributed by atoms with E-state index < -0.39 is 50.0 Å². The zero-order valence-electron chi connectivity index (χ0n) is 18.9. The van der Waals surface area contributed by atoms with E-state index in [4.69, 9.17) is 13.9 Å². The maximum absolute atomic E-state index is 14.9. The molecule has 1 aromatic heterocycles. The fourth-order valence-electron chi connectivity index (χ4n) is 3.96. The van der Waals surface area contributed by atoms with Crippen molar-refractivity contribution in [3.63, 3.8) is 0 Å². The van der Waals surface area contributed by atoms with Crippen LogP contribution in [0, 0.1) is 19.7 Å². The van der Waals surface area contributed by atoms with E-state index in [1.54, 1.807) is 19.9 Å². The molecular weight excluding hydrogens is 485 g/mol. The Morgan fingerprint density at radius 2 is 1.86 bits per heavy atom. The SMILES string of the molecule is Cc1ccc(F)c(C(C)C(NS(=O)(=O)c2cc3c(cc2C(=O)O)OCCO3)c2n[nH]c(=O)o2)c1C. The summed E-state index contributed by atoms with van der Waals surface area (Å²) in [6, 6.07) is 3.57. The summed E-state index contributed by atoms with van der Waals surface area (Å²) < 4.78 is 60.0. The van der Waals surface area contributed by atoms with Gasteiger partial charge in [0.05, 0.1) is 5.56 Å². The topological polar surface area (TPSA) is 161 Å². The third-order valence-corrected chi connectivity index (χ3v) is 7.34. The number of aromatic carboxylic acids is 1. The highest BCUT2D eigenvalue weighted by Gasteiger charge is 2.36. The average Bonchev–Trinajstić information content (AvgIpc) is 3.25. The molecule has 0 fully saturated rings. The maximum atomic E-state index is 14.9. The van der Waals surface area contributed by atoms with Crippen LogP contribution in [-0.4, -0.2) is 42.9 Å². The lowest BCUT2D eigenvalue weighted by Gasteiger charge is -2.26. The van der Waals surface area contributed by atoms with E-state index in [1.165, 1.54) is 13.0 Å². The molecule has 2 atom stereocenters. The quantitative estimate of drug-likeness (QED) is 0.436. The third kappa shape index (κ3) is 4.64. The number of carboxylic acid groups (broad SMARTS) is 1. The molecule has 1 aliphatic rings. The van der Waals surface area contributed by atoms with Crippen molar-refractivity contribution in [2.24, 2.45) is 0 Å². The molecule has 1 aliphatic heterocycles. The van der Waals surface area contributed by atoms with E-state index in [0.29, 0.717) is 5.56 Å². The third-order valence-electron chi connectivity index (χ3n) is 5.85. The van der Waals surface area contributed by atoms with Crippen LogP contribution in [0.3, 0.4) is 0 Å². The van der Waals surface area contributed by atoms with Gasteiger partial charge in [0.25, 0.3) is 0 Å². The smallest absolute Gasteiger partial charge is 0.434 e. The summed E-state index contributed by atoms with van der Waals surface area (Å²) in [5, 5.41) is 15.5. The van der Waals surface area contributed by atoms with Gasteiger partial charge in [0.1, 0.15) is 30.0 Å². The van der Waals surface area contributed by atoms with Crippen LogP contribution in [0.1, 0.15) is 51.8 Å². The van der Waals surface area contributed by atoms with Crippen molar-refractivity contribution in [2.45, 2.75) is 37.6 Å². The second-order valence-electron chi connectivity index (χ2n) is 8.04. The Hall–Kier alpha value is -3.71. The lowest BCUT2D eigenvalue weighted by Crippen LogP contribution is -2.34. The van der Waals surface area contributed by atoms with Gasteiger partial charge in [-0.15, -0.1) is 5.10 Å². The summed E-state index contributed by atoms with van der Waals surface area (Å²) in [6.07, 6.45) is 0. The molecule has 0 saturated heterocycles. The van der Waals surface area contributed by atoms with Crippen molar-refractivity contribution in [1.82, 2.24) is 14.9 Å². The highest BCUT2D eigenvalue weighted by atomic mass is 32.2. The van der Waals surface area contributed by atoms with Crippen molar-refractivity contribution in [2.75, 3.05) is 13.2 Å². The first-order chi connectivity index (χ1) is 16.5. The van der Waals surface area contributed by atoms with Gasteiger partial charge in [-0.05, 0) is 42.7 Å². The van der Waals surface area contributed by atoms with E-state index in [1.807, 2.05) is 0 Å². The molecule has 4 rings (SSSR count). The van der Waals surface area contributed by atoms with Crippen LogP contribution in [0.5, 0.6) is 11.5 Å².